The third-order valence-corrected chi connectivity index (χ3v) is 6.38. The normalized spacial score (nSPS) is 20.5. The van der Waals surface area contributed by atoms with Crippen LogP contribution in [0.2, 0.25) is 0 Å². The average Bonchev–Trinajstić information content (AvgIpc) is 2.91. The van der Waals surface area contributed by atoms with Gasteiger partial charge in [-0.2, -0.15) is 12.7 Å². The van der Waals surface area contributed by atoms with Crippen molar-refractivity contribution in [3.63, 3.8) is 0 Å². The fourth-order valence-corrected chi connectivity index (χ4v) is 4.90. The van der Waals surface area contributed by atoms with Crippen molar-refractivity contribution in [1.29, 1.82) is 0 Å². The lowest BCUT2D eigenvalue weighted by Gasteiger charge is -2.30. The van der Waals surface area contributed by atoms with E-state index >= 15 is 0 Å². The Bertz CT molecular complexity index is 742. The van der Waals surface area contributed by atoms with Crippen LogP contribution in [-0.4, -0.2) is 45.1 Å². The molecule has 0 aliphatic carbocycles. The minimum Gasteiger partial charge on any atom is -0.376 e. The van der Waals surface area contributed by atoms with Crippen LogP contribution in [0.15, 0.2) is 29.6 Å². The Morgan fingerprint density at radius 2 is 2.23 bits per heavy atom. The number of ether oxygens (including phenoxy) is 1. The van der Waals surface area contributed by atoms with Crippen LogP contribution in [0.1, 0.15) is 12.5 Å². The number of nitrogens with zero attached hydrogens (tertiary/aromatic N) is 1. The molecule has 0 saturated carbocycles. The maximum atomic E-state index is 12.3. The van der Waals surface area contributed by atoms with Gasteiger partial charge >= 0.3 is 0 Å². The van der Waals surface area contributed by atoms with Gasteiger partial charge in [-0.3, -0.25) is 0 Å². The molecule has 7 heteroatoms. The molecule has 22 heavy (non-hydrogen) atoms. The zero-order valence-corrected chi connectivity index (χ0v) is 14.1. The van der Waals surface area contributed by atoms with Gasteiger partial charge in [0, 0.05) is 24.3 Å². The number of hydrogen-bond acceptors (Lipinski definition) is 4. The SMILES string of the molecule is C[C@@H]1CN(S(=O)(=O)NCCc2csc3ccccc23)CCO1. The van der Waals surface area contributed by atoms with E-state index in [4.69, 9.17) is 4.74 Å². The van der Waals surface area contributed by atoms with Crippen LogP contribution in [0, 0.1) is 0 Å². The Morgan fingerprint density at radius 1 is 1.41 bits per heavy atom. The summed E-state index contributed by atoms with van der Waals surface area (Å²) in [5.41, 5.74) is 1.19. The Labute approximate surface area is 135 Å². The Kier molecular flexibility index (Phi) is 4.79. The standard InChI is InChI=1S/C15H20N2O3S2/c1-12-10-17(8-9-20-12)22(18,19)16-7-6-13-11-21-15-5-3-2-4-14(13)15/h2-5,11-12,16H,6-10H2,1H3/t12-/m1/s1. The van der Waals surface area contributed by atoms with Gasteiger partial charge in [-0.1, -0.05) is 18.2 Å². The zero-order valence-electron chi connectivity index (χ0n) is 12.5. The predicted octanol–water partition coefficient (Wildman–Crippen LogP) is 2.00. The molecule has 0 unspecified atom stereocenters. The van der Waals surface area contributed by atoms with Gasteiger partial charge in [0.05, 0.1) is 12.7 Å². The summed E-state index contributed by atoms with van der Waals surface area (Å²) in [4.78, 5) is 0. The molecule has 1 saturated heterocycles. The molecule has 0 radical (unpaired) electrons. The first-order valence-electron chi connectivity index (χ1n) is 7.38. The molecule has 0 bridgehead atoms. The smallest absolute Gasteiger partial charge is 0.279 e. The minimum atomic E-state index is -3.42. The van der Waals surface area contributed by atoms with Crippen LogP contribution >= 0.6 is 11.3 Å². The highest BCUT2D eigenvalue weighted by molar-refractivity contribution is 7.87. The topological polar surface area (TPSA) is 58.6 Å². The Balaban J connectivity index is 1.60. The van der Waals surface area contributed by atoms with E-state index in [1.165, 1.54) is 20.0 Å². The lowest BCUT2D eigenvalue weighted by molar-refractivity contribution is 0.00979. The van der Waals surface area contributed by atoms with Crippen LogP contribution in [0.5, 0.6) is 0 Å². The van der Waals surface area contributed by atoms with Gasteiger partial charge in [-0.05, 0) is 35.7 Å². The highest BCUT2D eigenvalue weighted by atomic mass is 32.2. The number of hydrogen-bond donors (Lipinski definition) is 1. The molecule has 1 aromatic carbocycles. The molecule has 5 nitrogen and oxygen atoms in total. The van der Waals surface area contributed by atoms with Crippen LogP contribution in [0.4, 0.5) is 0 Å². The molecule has 1 aromatic heterocycles. The second-order valence-electron chi connectivity index (χ2n) is 5.45. The van der Waals surface area contributed by atoms with Gasteiger partial charge in [-0.15, -0.1) is 11.3 Å². The van der Waals surface area contributed by atoms with Gasteiger partial charge in [0.15, 0.2) is 0 Å². The molecule has 1 aliphatic heterocycles. The van der Waals surface area contributed by atoms with E-state index in [1.807, 2.05) is 19.1 Å². The molecule has 3 rings (SSSR count). The summed E-state index contributed by atoms with van der Waals surface area (Å²) in [6.45, 7) is 3.59. The first kappa shape index (κ1) is 15.9. The summed E-state index contributed by atoms with van der Waals surface area (Å²) in [5, 5.41) is 3.32. The molecular weight excluding hydrogens is 320 g/mol. The van der Waals surface area contributed by atoms with E-state index in [9.17, 15) is 8.42 Å². The molecule has 1 fully saturated rings. The predicted molar refractivity (Wildman–Crippen MR) is 89.4 cm³/mol. The van der Waals surface area contributed by atoms with Crippen LogP contribution in [-0.2, 0) is 21.4 Å². The van der Waals surface area contributed by atoms with Gasteiger partial charge in [0.2, 0.25) is 0 Å². The fraction of sp³-hybridized carbons (Fsp3) is 0.467. The quantitative estimate of drug-likeness (QED) is 0.906. The van der Waals surface area contributed by atoms with E-state index < -0.39 is 10.2 Å². The summed E-state index contributed by atoms with van der Waals surface area (Å²) in [6, 6.07) is 8.20. The van der Waals surface area contributed by atoms with Gasteiger partial charge in [0.1, 0.15) is 0 Å². The van der Waals surface area contributed by atoms with Crippen molar-refractivity contribution < 1.29 is 13.2 Å². The number of rotatable bonds is 5. The summed E-state index contributed by atoms with van der Waals surface area (Å²) >= 11 is 1.70. The third-order valence-electron chi connectivity index (χ3n) is 3.78. The summed E-state index contributed by atoms with van der Waals surface area (Å²) in [7, 11) is -3.42. The molecule has 0 spiro atoms. The molecule has 2 aromatic rings. The highest BCUT2D eigenvalue weighted by Crippen LogP contribution is 2.25. The van der Waals surface area contributed by atoms with Crippen molar-refractivity contribution in [3.05, 3.63) is 35.2 Å². The Morgan fingerprint density at radius 3 is 3.05 bits per heavy atom. The summed E-state index contributed by atoms with van der Waals surface area (Å²) in [6.07, 6.45) is 0.648. The molecule has 0 amide bonds. The maximum absolute atomic E-state index is 12.3. The van der Waals surface area contributed by atoms with Gasteiger partial charge < -0.3 is 4.74 Å². The van der Waals surface area contributed by atoms with E-state index in [-0.39, 0.29) is 6.10 Å². The molecule has 2 heterocycles. The lowest BCUT2D eigenvalue weighted by atomic mass is 10.1. The van der Waals surface area contributed by atoms with Crippen LogP contribution < -0.4 is 4.72 Å². The van der Waals surface area contributed by atoms with E-state index in [0.29, 0.717) is 32.7 Å². The van der Waals surface area contributed by atoms with Gasteiger partial charge in [-0.25, -0.2) is 4.72 Å². The maximum Gasteiger partial charge on any atom is 0.279 e. The highest BCUT2D eigenvalue weighted by Gasteiger charge is 2.26. The zero-order chi connectivity index (χ0) is 15.6. The first-order chi connectivity index (χ1) is 10.6. The monoisotopic (exact) mass is 340 g/mol. The molecule has 1 N–H and O–H groups in total. The molecular formula is C15H20N2O3S2. The lowest BCUT2D eigenvalue weighted by Crippen LogP contribution is -2.49. The average molecular weight is 340 g/mol. The van der Waals surface area contributed by atoms with Gasteiger partial charge in [0.25, 0.3) is 10.2 Å². The summed E-state index contributed by atoms with van der Waals surface area (Å²) in [5.74, 6) is 0. The molecule has 120 valence electrons. The number of thiophene rings is 1. The van der Waals surface area contributed by atoms with Crippen molar-refractivity contribution >= 4 is 31.6 Å². The molecule has 1 aliphatic rings. The van der Waals surface area contributed by atoms with Crippen LogP contribution in [0.25, 0.3) is 10.1 Å². The molecule has 1 atom stereocenters. The minimum absolute atomic E-state index is 0.0499. The van der Waals surface area contributed by atoms with Crippen molar-refractivity contribution in [1.82, 2.24) is 9.03 Å². The number of morpholine rings is 1. The Hall–Kier alpha value is -0.990. The second kappa shape index (κ2) is 6.64. The van der Waals surface area contributed by atoms with E-state index in [1.54, 1.807) is 11.3 Å². The number of fused-ring (bicyclic) bond motifs is 1. The summed E-state index contributed by atoms with van der Waals surface area (Å²) < 4.78 is 35.4. The largest absolute Gasteiger partial charge is 0.376 e. The van der Waals surface area contributed by atoms with Crippen molar-refractivity contribution in [2.45, 2.75) is 19.4 Å². The number of benzene rings is 1. The van der Waals surface area contributed by atoms with Crippen molar-refractivity contribution in [2.75, 3.05) is 26.2 Å². The first-order valence-corrected chi connectivity index (χ1v) is 9.70. The van der Waals surface area contributed by atoms with Crippen molar-refractivity contribution in [2.24, 2.45) is 0 Å². The second-order valence-corrected chi connectivity index (χ2v) is 8.11. The van der Waals surface area contributed by atoms with E-state index in [0.717, 1.165) is 0 Å². The van der Waals surface area contributed by atoms with Crippen LogP contribution in [0.3, 0.4) is 0 Å². The fourth-order valence-electron chi connectivity index (χ4n) is 2.64. The third kappa shape index (κ3) is 3.49. The van der Waals surface area contributed by atoms with E-state index in [2.05, 4.69) is 22.2 Å². The number of nitrogens with one attached hydrogen (secondary N) is 1. The van der Waals surface area contributed by atoms with Crippen molar-refractivity contribution in [3.8, 4) is 0 Å².